The van der Waals surface area contributed by atoms with Crippen molar-refractivity contribution in [3.63, 3.8) is 0 Å². The van der Waals surface area contributed by atoms with Crippen LogP contribution in [0.5, 0.6) is 0 Å². The van der Waals surface area contributed by atoms with Crippen molar-refractivity contribution in [2.24, 2.45) is 22.0 Å². The van der Waals surface area contributed by atoms with Crippen molar-refractivity contribution in [1.82, 2.24) is 10.0 Å². The fraction of sp³-hybridized carbons (Fsp3) is 0.222. The fourth-order valence-corrected chi connectivity index (χ4v) is 5.66. The Balaban J connectivity index is 0.000000206. The lowest BCUT2D eigenvalue weighted by molar-refractivity contribution is -0.138. The number of hydrazone groups is 2. The Labute approximate surface area is 308 Å². The maximum atomic E-state index is 12.7. The molecule has 6 rings (SSSR count). The Bertz CT molecular complexity index is 1950. The van der Waals surface area contributed by atoms with E-state index in [0.29, 0.717) is 22.8 Å². The molecule has 2 atom stereocenters. The Morgan fingerprint density at radius 3 is 1.37 bits per heavy atom. The molecule has 0 aromatic heterocycles. The third kappa shape index (κ3) is 9.70. The van der Waals surface area contributed by atoms with Gasteiger partial charge in [-0.3, -0.25) is 0 Å². The highest BCUT2D eigenvalue weighted by Crippen LogP contribution is 2.31. The van der Waals surface area contributed by atoms with E-state index in [0.717, 1.165) is 62.8 Å². The number of carbonyl (C=O) groups excluding carboxylic acids is 2. The van der Waals surface area contributed by atoms with E-state index < -0.39 is 29.5 Å². The van der Waals surface area contributed by atoms with E-state index >= 15 is 0 Å². The molecule has 4 aromatic rings. The standard InChI is InChI=1S/C19H15F6N3O.C17H15BrClN3O/c1-11-10-28(17(29)26-15-8-6-14(7-9-15)19(23,24)25)27-16(11)12-2-4-13(5-3-12)18(20,21)22;1-11-10-22(17(23)20-15-8-4-13(18)5-9-15)21-16(11)12-2-6-14(19)7-3-12/h2-9,11H,10H2,1H3,(H,26,29);2-9,11H,10H2,1H3,(H,20,23). The second kappa shape index (κ2) is 15.8. The predicted octanol–water partition coefficient (Wildman–Crippen LogP) is 10.6. The van der Waals surface area contributed by atoms with Crippen LogP contribution in [0.3, 0.4) is 0 Å². The van der Waals surface area contributed by atoms with Gasteiger partial charge in [0.2, 0.25) is 0 Å². The molecule has 272 valence electrons. The van der Waals surface area contributed by atoms with E-state index in [4.69, 9.17) is 11.6 Å². The molecular weight excluding hydrogens is 778 g/mol. The van der Waals surface area contributed by atoms with Gasteiger partial charge in [0.15, 0.2) is 0 Å². The molecule has 0 aliphatic carbocycles. The topological polar surface area (TPSA) is 89.4 Å². The van der Waals surface area contributed by atoms with Gasteiger partial charge in [-0.25, -0.2) is 19.6 Å². The normalized spacial score (nSPS) is 17.2. The lowest BCUT2D eigenvalue weighted by Crippen LogP contribution is -2.30. The average Bonchev–Trinajstić information content (AvgIpc) is 3.68. The number of urea groups is 2. The van der Waals surface area contributed by atoms with Gasteiger partial charge in [-0.05, 0) is 83.9 Å². The first-order chi connectivity index (χ1) is 24.5. The maximum absolute atomic E-state index is 12.7. The molecule has 0 saturated carbocycles. The molecule has 2 heterocycles. The van der Waals surface area contributed by atoms with Crippen LogP contribution < -0.4 is 10.6 Å². The Morgan fingerprint density at radius 2 is 0.981 bits per heavy atom. The number of hydrogen-bond acceptors (Lipinski definition) is 4. The molecule has 16 heteroatoms. The molecule has 4 amide bonds. The molecule has 8 nitrogen and oxygen atoms in total. The van der Waals surface area contributed by atoms with Gasteiger partial charge in [-0.15, -0.1) is 0 Å². The molecule has 0 radical (unpaired) electrons. The van der Waals surface area contributed by atoms with Gasteiger partial charge in [-0.1, -0.05) is 65.6 Å². The van der Waals surface area contributed by atoms with Crippen molar-refractivity contribution in [3.8, 4) is 0 Å². The third-order valence-electron chi connectivity index (χ3n) is 7.96. The van der Waals surface area contributed by atoms with Crippen LogP contribution in [0.1, 0.15) is 36.1 Å². The van der Waals surface area contributed by atoms with E-state index in [-0.39, 0.29) is 30.1 Å². The zero-order valence-electron chi connectivity index (χ0n) is 27.4. The van der Waals surface area contributed by atoms with Crippen molar-refractivity contribution >= 4 is 62.4 Å². The quantitative estimate of drug-likeness (QED) is 0.201. The molecule has 2 N–H and O–H groups in total. The maximum Gasteiger partial charge on any atom is 0.416 e. The highest BCUT2D eigenvalue weighted by molar-refractivity contribution is 9.10. The summed E-state index contributed by atoms with van der Waals surface area (Å²) in [6.45, 7) is 4.56. The number of benzene rings is 4. The van der Waals surface area contributed by atoms with Gasteiger partial charge >= 0.3 is 24.4 Å². The highest BCUT2D eigenvalue weighted by atomic mass is 79.9. The summed E-state index contributed by atoms with van der Waals surface area (Å²) in [4.78, 5) is 24.7. The van der Waals surface area contributed by atoms with Crippen LogP contribution >= 0.6 is 27.5 Å². The number of carbonyl (C=O) groups is 2. The summed E-state index contributed by atoms with van der Waals surface area (Å²) < 4.78 is 76.8. The molecule has 0 fully saturated rings. The second-order valence-electron chi connectivity index (χ2n) is 12.0. The molecule has 2 aliphatic heterocycles. The number of nitrogens with one attached hydrogen (secondary N) is 2. The number of rotatable bonds is 4. The second-order valence-corrected chi connectivity index (χ2v) is 13.3. The van der Waals surface area contributed by atoms with Crippen LogP contribution in [-0.2, 0) is 12.4 Å². The number of amides is 4. The minimum absolute atomic E-state index is 0.161. The molecule has 2 aliphatic rings. The van der Waals surface area contributed by atoms with Crippen molar-refractivity contribution in [3.05, 3.63) is 129 Å². The van der Waals surface area contributed by atoms with Crippen LogP contribution in [-0.4, -0.2) is 46.6 Å². The van der Waals surface area contributed by atoms with Crippen LogP contribution in [0.2, 0.25) is 5.02 Å². The summed E-state index contributed by atoms with van der Waals surface area (Å²) in [6, 6.07) is 22.5. The highest BCUT2D eigenvalue weighted by Gasteiger charge is 2.33. The number of alkyl halides is 6. The summed E-state index contributed by atoms with van der Waals surface area (Å²) in [6.07, 6.45) is -8.93. The Morgan fingerprint density at radius 1 is 0.635 bits per heavy atom. The van der Waals surface area contributed by atoms with Gasteiger partial charge in [0.05, 0.1) is 35.6 Å². The van der Waals surface area contributed by atoms with Crippen LogP contribution in [0.4, 0.5) is 47.3 Å². The van der Waals surface area contributed by atoms with Crippen molar-refractivity contribution in [1.29, 1.82) is 0 Å². The molecule has 4 aromatic carbocycles. The fourth-order valence-electron chi connectivity index (χ4n) is 5.27. The number of anilines is 2. The summed E-state index contributed by atoms with van der Waals surface area (Å²) in [5, 5.41) is 17.2. The SMILES string of the molecule is CC1CN(C(=O)Nc2ccc(Br)cc2)N=C1c1ccc(Cl)cc1.CC1CN(C(=O)Nc2ccc(C(F)(F)F)cc2)N=C1c1ccc(C(F)(F)F)cc1. The monoisotopic (exact) mass is 806 g/mol. The number of halogens is 8. The van der Waals surface area contributed by atoms with Crippen molar-refractivity contribution in [2.45, 2.75) is 26.2 Å². The van der Waals surface area contributed by atoms with E-state index in [1.54, 1.807) is 6.92 Å². The summed E-state index contributed by atoms with van der Waals surface area (Å²) in [7, 11) is 0. The lowest BCUT2D eigenvalue weighted by Gasteiger charge is -2.14. The zero-order chi connectivity index (χ0) is 37.8. The van der Waals surface area contributed by atoms with Crippen LogP contribution in [0, 0.1) is 11.8 Å². The number of nitrogens with zero attached hydrogens (tertiary/aromatic N) is 4. The Hall–Kier alpha value is -4.89. The van der Waals surface area contributed by atoms with Gasteiger partial charge in [-0.2, -0.15) is 36.5 Å². The average molecular weight is 808 g/mol. The van der Waals surface area contributed by atoms with Crippen LogP contribution in [0.25, 0.3) is 0 Å². The summed E-state index contributed by atoms with van der Waals surface area (Å²) in [5.74, 6) is -0.0584. The first-order valence-corrected chi connectivity index (χ1v) is 16.9. The van der Waals surface area contributed by atoms with Gasteiger partial charge in [0.1, 0.15) is 0 Å². The summed E-state index contributed by atoms with van der Waals surface area (Å²) in [5.41, 5.74) is 2.05. The molecular formula is C36H30BrClF6N6O2. The molecule has 52 heavy (non-hydrogen) atoms. The number of hydrogen-bond donors (Lipinski definition) is 2. The van der Waals surface area contributed by atoms with E-state index in [9.17, 15) is 35.9 Å². The largest absolute Gasteiger partial charge is 0.416 e. The van der Waals surface area contributed by atoms with E-state index in [1.807, 2.05) is 48.5 Å². The molecule has 0 bridgehead atoms. The Kier molecular flexibility index (Phi) is 11.6. The van der Waals surface area contributed by atoms with Gasteiger partial charge < -0.3 is 10.6 Å². The lowest BCUT2D eigenvalue weighted by atomic mass is 9.98. The summed E-state index contributed by atoms with van der Waals surface area (Å²) >= 11 is 9.29. The first kappa shape index (κ1) is 38.3. The predicted molar refractivity (Wildman–Crippen MR) is 191 cm³/mol. The molecule has 2 unspecified atom stereocenters. The van der Waals surface area contributed by atoms with E-state index in [2.05, 4.69) is 43.7 Å². The van der Waals surface area contributed by atoms with Crippen molar-refractivity contribution in [2.75, 3.05) is 23.7 Å². The van der Waals surface area contributed by atoms with Gasteiger partial charge in [0.25, 0.3) is 0 Å². The third-order valence-corrected chi connectivity index (χ3v) is 8.74. The smallest absolute Gasteiger partial charge is 0.306 e. The minimum Gasteiger partial charge on any atom is -0.306 e. The van der Waals surface area contributed by atoms with Crippen molar-refractivity contribution < 1.29 is 35.9 Å². The molecule has 0 spiro atoms. The zero-order valence-corrected chi connectivity index (χ0v) is 29.8. The first-order valence-electron chi connectivity index (χ1n) is 15.7. The van der Waals surface area contributed by atoms with E-state index in [1.165, 1.54) is 17.1 Å². The van der Waals surface area contributed by atoms with Gasteiger partial charge in [0, 0.05) is 32.7 Å². The minimum atomic E-state index is -4.48. The van der Waals surface area contributed by atoms with Crippen LogP contribution in [0.15, 0.2) is 112 Å². The molecule has 0 saturated heterocycles.